The van der Waals surface area contributed by atoms with Gasteiger partial charge in [0, 0.05) is 24.6 Å². The summed E-state index contributed by atoms with van der Waals surface area (Å²) in [6.45, 7) is 8.15. The van der Waals surface area contributed by atoms with E-state index in [0.717, 1.165) is 28.9 Å². The molecule has 2 unspecified atom stereocenters. The summed E-state index contributed by atoms with van der Waals surface area (Å²) in [6.07, 6.45) is 3.17. The van der Waals surface area contributed by atoms with Gasteiger partial charge in [-0.15, -0.1) is 11.3 Å². The molecule has 0 radical (unpaired) electrons. The van der Waals surface area contributed by atoms with Crippen LogP contribution >= 0.6 is 22.9 Å². The molecule has 5 heteroatoms. The third-order valence-corrected chi connectivity index (χ3v) is 4.69. The van der Waals surface area contributed by atoms with Crippen LogP contribution in [0.3, 0.4) is 0 Å². The molecule has 1 N–H and O–H groups in total. The Morgan fingerprint density at radius 3 is 2.94 bits per heavy atom. The Kier molecular flexibility index (Phi) is 4.08. The van der Waals surface area contributed by atoms with E-state index in [2.05, 4.69) is 31.1 Å². The zero-order chi connectivity index (χ0) is 12.5. The van der Waals surface area contributed by atoms with E-state index in [1.54, 1.807) is 6.20 Å². The normalized spacial score (nSPS) is 26.8. The second-order valence-corrected chi connectivity index (χ2v) is 6.74. The van der Waals surface area contributed by atoms with Crippen molar-refractivity contribution in [2.75, 3.05) is 6.61 Å². The first-order chi connectivity index (χ1) is 8.04. The molecule has 2 rings (SSSR count). The number of halogens is 1. The first kappa shape index (κ1) is 13.3. The fourth-order valence-electron chi connectivity index (χ4n) is 2.30. The van der Waals surface area contributed by atoms with Gasteiger partial charge < -0.3 is 10.1 Å². The van der Waals surface area contributed by atoms with Crippen molar-refractivity contribution in [2.24, 2.45) is 5.41 Å². The number of ether oxygens (including phenoxy) is 1. The topological polar surface area (TPSA) is 34.1 Å². The van der Waals surface area contributed by atoms with Crippen molar-refractivity contribution in [3.8, 4) is 0 Å². The number of nitrogens with zero attached hydrogens (tertiary/aromatic N) is 1. The Morgan fingerprint density at radius 1 is 1.65 bits per heavy atom. The first-order valence-electron chi connectivity index (χ1n) is 5.99. The Morgan fingerprint density at radius 2 is 2.41 bits per heavy atom. The number of thiazole rings is 1. The summed E-state index contributed by atoms with van der Waals surface area (Å²) < 4.78 is 6.46. The maximum atomic E-state index is 5.85. The van der Waals surface area contributed by atoms with E-state index in [4.69, 9.17) is 16.3 Å². The van der Waals surface area contributed by atoms with Crippen LogP contribution < -0.4 is 5.32 Å². The summed E-state index contributed by atoms with van der Waals surface area (Å²) in [6, 6.07) is 0.502. The molecule has 1 aromatic rings. The van der Waals surface area contributed by atoms with Crippen LogP contribution in [0.15, 0.2) is 6.20 Å². The molecule has 1 aromatic heterocycles. The monoisotopic (exact) mass is 274 g/mol. The maximum Gasteiger partial charge on any atom is 0.113 e. The van der Waals surface area contributed by atoms with Crippen molar-refractivity contribution in [2.45, 2.75) is 45.9 Å². The van der Waals surface area contributed by atoms with Gasteiger partial charge in [-0.25, -0.2) is 4.98 Å². The highest BCUT2D eigenvalue weighted by molar-refractivity contribution is 7.15. The van der Waals surface area contributed by atoms with Gasteiger partial charge in [0.25, 0.3) is 0 Å². The molecule has 3 nitrogen and oxygen atoms in total. The molecule has 1 aliphatic rings. The van der Waals surface area contributed by atoms with Crippen LogP contribution in [0.2, 0.25) is 4.34 Å². The van der Waals surface area contributed by atoms with Gasteiger partial charge in [-0.1, -0.05) is 25.4 Å². The lowest BCUT2D eigenvalue weighted by Gasteiger charge is -2.51. The highest BCUT2D eigenvalue weighted by Gasteiger charge is 2.48. The van der Waals surface area contributed by atoms with E-state index >= 15 is 0 Å². The molecule has 2 atom stereocenters. The Labute approximate surface area is 112 Å². The first-order valence-corrected chi connectivity index (χ1v) is 7.18. The SMILES string of the molecule is CCOC1CC(NCc2ncc(Cl)s2)C1(C)C. The predicted molar refractivity (Wildman–Crippen MR) is 71.6 cm³/mol. The van der Waals surface area contributed by atoms with Gasteiger partial charge in [0.1, 0.15) is 9.34 Å². The van der Waals surface area contributed by atoms with Crippen molar-refractivity contribution < 1.29 is 4.74 Å². The van der Waals surface area contributed by atoms with Crippen molar-refractivity contribution >= 4 is 22.9 Å². The van der Waals surface area contributed by atoms with Gasteiger partial charge in [-0.3, -0.25) is 0 Å². The van der Waals surface area contributed by atoms with E-state index < -0.39 is 0 Å². The molecule has 0 bridgehead atoms. The fraction of sp³-hybridized carbons (Fsp3) is 0.750. The Balaban J connectivity index is 1.82. The van der Waals surface area contributed by atoms with Crippen LogP contribution in [-0.2, 0) is 11.3 Å². The van der Waals surface area contributed by atoms with Crippen LogP contribution in [0, 0.1) is 5.41 Å². The third-order valence-electron chi connectivity index (χ3n) is 3.57. The van der Waals surface area contributed by atoms with Crippen LogP contribution in [0.1, 0.15) is 32.2 Å². The van der Waals surface area contributed by atoms with Gasteiger partial charge in [0.15, 0.2) is 0 Å². The largest absolute Gasteiger partial charge is 0.378 e. The standard InChI is InChI=1S/C12H19ClN2OS/c1-4-16-9-5-8(12(9,2)3)14-7-11-15-6-10(13)17-11/h6,8-9,14H,4-5,7H2,1-3H3. The van der Waals surface area contributed by atoms with Crippen LogP contribution in [-0.4, -0.2) is 23.7 Å². The minimum atomic E-state index is 0.205. The minimum absolute atomic E-state index is 0.205. The molecule has 1 aliphatic carbocycles. The van der Waals surface area contributed by atoms with Crippen LogP contribution in [0.5, 0.6) is 0 Å². The maximum absolute atomic E-state index is 5.85. The van der Waals surface area contributed by atoms with E-state index in [1.165, 1.54) is 11.3 Å². The van der Waals surface area contributed by atoms with Crippen molar-refractivity contribution in [1.82, 2.24) is 10.3 Å². The van der Waals surface area contributed by atoms with E-state index in [-0.39, 0.29) is 5.41 Å². The lowest BCUT2D eigenvalue weighted by molar-refractivity contribution is -0.114. The zero-order valence-corrected chi connectivity index (χ0v) is 12.1. The second-order valence-electron chi connectivity index (χ2n) is 4.99. The molecular formula is C12H19ClN2OS. The smallest absolute Gasteiger partial charge is 0.113 e. The molecule has 1 heterocycles. The third kappa shape index (κ3) is 2.81. The summed E-state index contributed by atoms with van der Waals surface area (Å²) in [5.74, 6) is 0. The lowest BCUT2D eigenvalue weighted by atomic mass is 9.64. The van der Waals surface area contributed by atoms with Crippen molar-refractivity contribution in [3.05, 3.63) is 15.5 Å². The number of hydrogen-bond acceptors (Lipinski definition) is 4. The molecule has 1 saturated carbocycles. The molecule has 0 aromatic carbocycles. The van der Waals surface area contributed by atoms with Gasteiger partial charge in [-0.2, -0.15) is 0 Å². The summed E-state index contributed by atoms with van der Waals surface area (Å²) in [5.41, 5.74) is 0.205. The van der Waals surface area contributed by atoms with Crippen LogP contribution in [0.4, 0.5) is 0 Å². The summed E-state index contributed by atoms with van der Waals surface area (Å²) in [7, 11) is 0. The summed E-state index contributed by atoms with van der Waals surface area (Å²) in [4.78, 5) is 4.24. The zero-order valence-electron chi connectivity index (χ0n) is 10.5. The predicted octanol–water partition coefficient (Wildman–Crippen LogP) is 3.09. The van der Waals surface area contributed by atoms with Gasteiger partial charge in [-0.05, 0) is 13.3 Å². The highest BCUT2D eigenvalue weighted by atomic mass is 35.5. The Bertz CT molecular complexity index is 380. The molecule has 0 saturated heterocycles. The molecular weight excluding hydrogens is 256 g/mol. The number of aromatic nitrogens is 1. The molecule has 17 heavy (non-hydrogen) atoms. The Hall–Kier alpha value is -0.160. The van der Waals surface area contributed by atoms with E-state index in [0.29, 0.717) is 12.1 Å². The number of nitrogens with one attached hydrogen (secondary N) is 1. The molecule has 96 valence electrons. The average molecular weight is 275 g/mol. The summed E-state index contributed by atoms with van der Waals surface area (Å²) in [5, 5.41) is 4.58. The lowest BCUT2D eigenvalue weighted by Crippen LogP contribution is -2.60. The quantitative estimate of drug-likeness (QED) is 0.896. The van der Waals surface area contributed by atoms with Crippen molar-refractivity contribution in [1.29, 1.82) is 0 Å². The van der Waals surface area contributed by atoms with Gasteiger partial charge in [0.2, 0.25) is 0 Å². The van der Waals surface area contributed by atoms with E-state index in [9.17, 15) is 0 Å². The number of hydrogen-bond donors (Lipinski definition) is 1. The van der Waals surface area contributed by atoms with Crippen LogP contribution in [0.25, 0.3) is 0 Å². The highest BCUT2D eigenvalue weighted by Crippen LogP contribution is 2.42. The minimum Gasteiger partial charge on any atom is -0.378 e. The van der Waals surface area contributed by atoms with Crippen molar-refractivity contribution in [3.63, 3.8) is 0 Å². The molecule has 0 aliphatic heterocycles. The summed E-state index contributed by atoms with van der Waals surface area (Å²) >= 11 is 7.39. The molecule has 0 amide bonds. The van der Waals surface area contributed by atoms with E-state index in [1.807, 2.05) is 0 Å². The number of rotatable bonds is 5. The fourth-order valence-corrected chi connectivity index (χ4v) is 3.20. The van der Waals surface area contributed by atoms with Gasteiger partial charge >= 0.3 is 0 Å². The second kappa shape index (κ2) is 5.22. The molecule has 1 fully saturated rings. The molecule has 0 spiro atoms. The average Bonchev–Trinajstić information content (AvgIpc) is 2.68. The van der Waals surface area contributed by atoms with Gasteiger partial charge in [0.05, 0.1) is 12.3 Å².